The maximum Gasteiger partial charge on any atom is 0.244 e. The summed E-state index contributed by atoms with van der Waals surface area (Å²) in [5.41, 5.74) is 5.63. The third-order valence-corrected chi connectivity index (χ3v) is 5.75. The van der Waals surface area contributed by atoms with E-state index in [2.05, 4.69) is 0 Å². The van der Waals surface area contributed by atoms with Crippen molar-refractivity contribution in [1.82, 2.24) is 4.31 Å². The highest BCUT2D eigenvalue weighted by molar-refractivity contribution is 7.89. The molecule has 1 saturated heterocycles. The summed E-state index contributed by atoms with van der Waals surface area (Å²) in [6, 6.07) is 4.46. The first-order valence-corrected chi connectivity index (χ1v) is 7.88. The summed E-state index contributed by atoms with van der Waals surface area (Å²) in [5, 5.41) is 0.198. The second-order valence-corrected chi connectivity index (χ2v) is 6.71. The van der Waals surface area contributed by atoms with Crippen LogP contribution >= 0.6 is 11.6 Å². The molecule has 5 nitrogen and oxygen atoms in total. The lowest BCUT2D eigenvalue weighted by Gasteiger charge is -2.23. The zero-order valence-corrected chi connectivity index (χ0v) is 12.2. The first-order chi connectivity index (χ1) is 9.00. The van der Waals surface area contributed by atoms with Gasteiger partial charge in [0.15, 0.2) is 0 Å². The summed E-state index contributed by atoms with van der Waals surface area (Å²) >= 11 is 6.01. The monoisotopic (exact) mass is 304 g/mol. The van der Waals surface area contributed by atoms with E-state index in [-0.39, 0.29) is 16.0 Å². The van der Waals surface area contributed by atoms with Crippen LogP contribution in [0.3, 0.4) is 0 Å². The average molecular weight is 305 g/mol. The van der Waals surface area contributed by atoms with E-state index in [4.69, 9.17) is 22.1 Å². The molecule has 7 heteroatoms. The third kappa shape index (κ3) is 2.72. The Morgan fingerprint density at radius 2 is 2.26 bits per heavy atom. The fourth-order valence-electron chi connectivity index (χ4n) is 2.30. The summed E-state index contributed by atoms with van der Waals surface area (Å²) in [6.45, 7) is 0.804. The molecule has 2 N–H and O–H groups in total. The van der Waals surface area contributed by atoms with Gasteiger partial charge in [0.1, 0.15) is 10.6 Å². The molecule has 1 aliphatic heterocycles. The molecule has 0 amide bonds. The second kappa shape index (κ2) is 5.66. The molecule has 0 radical (unpaired) electrons. The van der Waals surface area contributed by atoms with Crippen molar-refractivity contribution in [3.05, 3.63) is 23.2 Å². The largest absolute Gasteiger partial charge is 0.497 e. The molecule has 2 rings (SSSR count). The summed E-state index contributed by atoms with van der Waals surface area (Å²) < 4.78 is 31.7. The minimum Gasteiger partial charge on any atom is -0.497 e. The van der Waals surface area contributed by atoms with Crippen LogP contribution in [0.25, 0.3) is 0 Å². The molecule has 0 saturated carbocycles. The SMILES string of the molecule is COc1ccc(Cl)c(S(=O)(=O)N2CCCC2CN)c1. The lowest BCUT2D eigenvalue weighted by atomic mass is 10.2. The van der Waals surface area contributed by atoms with Crippen molar-refractivity contribution in [2.24, 2.45) is 5.73 Å². The Labute approximate surface area is 118 Å². The number of sulfonamides is 1. The van der Waals surface area contributed by atoms with Gasteiger partial charge >= 0.3 is 0 Å². The normalized spacial score (nSPS) is 20.7. The maximum absolute atomic E-state index is 12.6. The molecule has 0 bridgehead atoms. The predicted octanol–water partition coefficient (Wildman–Crippen LogP) is 1.46. The van der Waals surface area contributed by atoms with E-state index in [0.29, 0.717) is 18.8 Å². The molecule has 1 unspecified atom stereocenters. The van der Waals surface area contributed by atoms with Crippen LogP contribution in [0.15, 0.2) is 23.1 Å². The van der Waals surface area contributed by atoms with Crippen LogP contribution in [0, 0.1) is 0 Å². The molecule has 1 aromatic rings. The molecule has 1 aliphatic rings. The Morgan fingerprint density at radius 3 is 2.89 bits per heavy atom. The fraction of sp³-hybridized carbons (Fsp3) is 0.500. The van der Waals surface area contributed by atoms with E-state index in [1.807, 2.05) is 0 Å². The van der Waals surface area contributed by atoms with E-state index in [0.717, 1.165) is 12.8 Å². The van der Waals surface area contributed by atoms with Gasteiger partial charge in [0.2, 0.25) is 10.0 Å². The summed E-state index contributed by atoms with van der Waals surface area (Å²) in [5.74, 6) is 0.464. The molecular formula is C12H17ClN2O3S. The zero-order chi connectivity index (χ0) is 14.0. The van der Waals surface area contributed by atoms with Crippen molar-refractivity contribution >= 4 is 21.6 Å². The third-order valence-electron chi connectivity index (χ3n) is 3.32. The van der Waals surface area contributed by atoms with E-state index >= 15 is 0 Å². The van der Waals surface area contributed by atoms with Crippen LogP contribution in [-0.2, 0) is 10.0 Å². The van der Waals surface area contributed by atoms with E-state index in [1.165, 1.54) is 23.5 Å². The van der Waals surface area contributed by atoms with Crippen LogP contribution in [0.4, 0.5) is 0 Å². The van der Waals surface area contributed by atoms with Crippen molar-refractivity contribution in [2.45, 2.75) is 23.8 Å². The molecule has 19 heavy (non-hydrogen) atoms. The highest BCUT2D eigenvalue weighted by Crippen LogP contribution is 2.32. The number of benzene rings is 1. The van der Waals surface area contributed by atoms with Crippen molar-refractivity contribution in [3.8, 4) is 5.75 Å². The predicted molar refractivity (Wildman–Crippen MR) is 74.0 cm³/mol. The molecule has 106 valence electrons. The molecule has 1 aromatic carbocycles. The van der Waals surface area contributed by atoms with Crippen LogP contribution in [0.5, 0.6) is 5.75 Å². The molecular weight excluding hydrogens is 288 g/mol. The van der Waals surface area contributed by atoms with E-state index in [9.17, 15) is 8.42 Å². The van der Waals surface area contributed by atoms with Crippen molar-refractivity contribution in [1.29, 1.82) is 0 Å². The van der Waals surface area contributed by atoms with Crippen LogP contribution in [0.2, 0.25) is 5.02 Å². The van der Waals surface area contributed by atoms with Gasteiger partial charge in [-0.2, -0.15) is 4.31 Å². The van der Waals surface area contributed by atoms with Gasteiger partial charge in [-0.25, -0.2) is 8.42 Å². The molecule has 1 fully saturated rings. The van der Waals surface area contributed by atoms with Crippen LogP contribution < -0.4 is 10.5 Å². The minimum atomic E-state index is -3.62. The topological polar surface area (TPSA) is 72.6 Å². The summed E-state index contributed by atoms with van der Waals surface area (Å²) in [7, 11) is -2.14. The Kier molecular flexibility index (Phi) is 4.35. The van der Waals surface area contributed by atoms with Gasteiger partial charge in [-0.05, 0) is 25.0 Å². The Morgan fingerprint density at radius 1 is 1.53 bits per heavy atom. The Balaban J connectivity index is 2.44. The summed E-state index contributed by atoms with van der Waals surface area (Å²) in [6.07, 6.45) is 1.61. The van der Waals surface area contributed by atoms with Gasteiger partial charge in [-0.3, -0.25) is 0 Å². The summed E-state index contributed by atoms with van der Waals surface area (Å²) in [4.78, 5) is 0.0777. The number of rotatable bonds is 4. The van der Waals surface area contributed by atoms with Crippen LogP contribution in [0.1, 0.15) is 12.8 Å². The van der Waals surface area contributed by atoms with Crippen LogP contribution in [-0.4, -0.2) is 39.0 Å². The number of halogens is 1. The molecule has 1 atom stereocenters. The lowest BCUT2D eigenvalue weighted by molar-refractivity contribution is 0.391. The zero-order valence-electron chi connectivity index (χ0n) is 10.7. The number of hydrogen-bond acceptors (Lipinski definition) is 4. The number of methoxy groups -OCH3 is 1. The average Bonchev–Trinajstić information content (AvgIpc) is 2.88. The van der Waals surface area contributed by atoms with Gasteiger partial charge < -0.3 is 10.5 Å². The molecule has 0 aliphatic carbocycles. The van der Waals surface area contributed by atoms with Crippen molar-refractivity contribution < 1.29 is 13.2 Å². The first-order valence-electron chi connectivity index (χ1n) is 6.06. The standard InChI is InChI=1S/C12H17ClN2O3S/c1-18-10-4-5-11(13)12(7-10)19(16,17)15-6-2-3-9(15)8-14/h4-5,7,9H,2-3,6,8,14H2,1H3. The highest BCUT2D eigenvalue weighted by Gasteiger charge is 2.35. The Bertz CT molecular complexity index is 562. The maximum atomic E-state index is 12.6. The molecule has 0 spiro atoms. The second-order valence-electron chi connectivity index (χ2n) is 4.44. The molecule has 1 heterocycles. The van der Waals surface area contributed by atoms with Gasteiger partial charge in [-0.15, -0.1) is 0 Å². The number of hydrogen-bond donors (Lipinski definition) is 1. The number of ether oxygens (including phenoxy) is 1. The molecule has 0 aromatic heterocycles. The van der Waals surface area contributed by atoms with Gasteiger partial charge in [-0.1, -0.05) is 11.6 Å². The van der Waals surface area contributed by atoms with E-state index < -0.39 is 10.0 Å². The van der Waals surface area contributed by atoms with E-state index in [1.54, 1.807) is 6.07 Å². The van der Waals surface area contributed by atoms with Gasteiger partial charge in [0, 0.05) is 25.2 Å². The number of nitrogens with two attached hydrogens (primary N) is 1. The van der Waals surface area contributed by atoms with Gasteiger partial charge in [0.05, 0.1) is 12.1 Å². The fourth-order valence-corrected chi connectivity index (χ4v) is 4.49. The first kappa shape index (κ1) is 14.6. The smallest absolute Gasteiger partial charge is 0.244 e. The minimum absolute atomic E-state index is 0.0777. The van der Waals surface area contributed by atoms with Crippen molar-refractivity contribution in [2.75, 3.05) is 20.2 Å². The lowest BCUT2D eigenvalue weighted by Crippen LogP contribution is -2.39. The Hall–Kier alpha value is -0.820. The van der Waals surface area contributed by atoms with Gasteiger partial charge in [0.25, 0.3) is 0 Å². The number of nitrogens with zero attached hydrogens (tertiary/aromatic N) is 1. The van der Waals surface area contributed by atoms with Crippen molar-refractivity contribution in [3.63, 3.8) is 0 Å². The highest BCUT2D eigenvalue weighted by atomic mass is 35.5. The quantitative estimate of drug-likeness (QED) is 0.914.